The summed E-state index contributed by atoms with van der Waals surface area (Å²) < 4.78 is 2.58. The molecule has 0 aliphatic carbocycles. The molecule has 2 heterocycles. The summed E-state index contributed by atoms with van der Waals surface area (Å²) in [6, 6.07) is 1.21. The van der Waals surface area contributed by atoms with E-state index in [2.05, 4.69) is 9.97 Å². The largest absolute Gasteiger partial charge is 0.391 e. The van der Waals surface area contributed by atoms with E-state index in [1.165, 1.54) is 15.2 Å². The van der Waals surface area contributed by atoms with Crippen molar-refractivity contribution in [3.8, 4) is 0 Å². The van der Waals surface area contributed by atoms with Gasteiger partial charge in [0.05, 0.1) is 0 Å². The van der Waals surface area contributed by atoms with E-state index in [0.29, 0.717) is 13.1 Å². The van der Waals surface area contributed by atoms with Gasteiger partial charge < -0.3 is 17.2 Å². The second-order valence-electron chi connectivity index (χ2n) is 5.23. The Kier molecular flexibility index (Phi) is 6.79. The lowest BCUT2D eigenvalue weighted by Crippen LogP contribution is -2.33. The van der Waals surface area contributed by atoms with Gasteiger partial charge >= 0.3 is 11.4 Å². The molecule has 25 heavy (non-hydrogen) atoms. The molecule has 2 aromatic heterocycles. The average molecular weight is 353 g/mol. The molecule has 8 N–H and O–H groups in total. The molecule has 0 radical (unpaired) electrons. The van der Waals surface area contributed by atoms with Crippen molar-refractivity contribution < 1.29 is 0 Å². The highest BCUT2D eigenvalue weighted by Crippen LogP contribution is 2.04. The Bertz CT molecular complexity index is 951. The van der Waals surface area contributed by atoms with E-state index in [4.69, 9.17) is 17.2 Å². The zero-order chi connectivity index (χ0) is 19.1. The third-order valence-corrected chi connectivity index (χ3v) is 3.24. The maximum Gasteiger partial charge on any atom is 0.330 e. The molecule has 0 aromatic carbocycles. The fraction of sp³-hybridized carbons (Fsp3) is 0.429. The summed E-state index contributed by atoms with van der Waals surface area (Å²) in [5.74, 6) is 0.251. The number of nitrogens with zero attached hydrogens (tertiary/aromatic N) is 2. The van der Waals surface area contributed by atoms with Crippen LogP contribution in [0, 0.1) is 0 Å². The second kappa shape index (κ2) is 8.57. The molecule has 2 aromatic rings. The van der Waals surface area contributed by atoms with Gasteiger partial charge in [0.15, 0.2) is 0 Å². The lowest BCUT2D eigenvalue weighted by atomic mass is 10.4. The number of hydrogen-bond acceptors (Lipinski definition) is 7. The predicted octanol–water partition coefficient (Wildman–Crippen LogP) is -1.36. The number of aromatic nitrogens is 4. The molecule has 2 rings (SSSR count). The minimum Gasteiger partial charge on any atom is -0.391 e. The molecule has 11 heteroatoms. The monoisotopic (exact) mass is 353 g/mol. The van der Waals surface area contributed by atoms with Crippen molar-refractivity contribution in [1.82, 2.24) is 19.1 Å². The molecular formula is C14H23N7O4. The molecule has 0 unspecified atom stereocenters. The van der Waals surface area contributed by atoms with Gasteiger partial charge in [-0.1, -0.05) is 13.8 Å². The Morgan fingerprint density at radius 1 is 0.880 bits per heavy atom. The minimum absolute atomic E-state index is 0.0376. The first-order valence-corrected chi connectivity index (χ1v) is 7.70. The van der Waals surface area contributed by atoms with Crippen LogP contribution in [0.2, 0.25) is 0 Å². The first kappa shape index (κ1) is 19.8. The lowest BCUT2D eigenvalue weighted by Gasteiger charge is -2.08. The molecule has 0 saturated heterocycles. The Morgan fingerprint density at radius 3 is 1.92 bits per heavy atom. The third-order valence-electron chi connectivity index (χ3n) is 3.24. The van der Waals surface area contributed by atoms with Gasteiger partial charge in [-0.25, -0.2) is 9.59 Å². The number of H-pyrrole nitrogens is 2. The van der Waals surface area contributed by atoms with Crippen LogP contribution in [-0.2, 0) is 13.1 Å². The van der Waals surface area contributed by atoms with Crippen LogP contribution in [0.15, 0.2) is 25.2 Å². The van der Waals surface area contributed by atoms with Gasteiger partial charge in [0.2, 0.25) is 0 Å². The minimum atomic E-state index is -0.630. The summed E-state index contributed by atoms with van der Waals surface area (Å²) in [6.45, 7) is 4.80. The molecule has 0 aliphatic heterocycles. The van der Waals surface area contributed by atoms with Gasteiger partial charge in [-0.15, -0.1) is 0 Å². The van der Waals surface area contributed by atoms with E-state index >= 15 is 0 Å². The van der Waals surface area contributed by atoms with Crippen molar-refractivity contribution >= 4 is 17.3 Å². The molecule has 0 saturated carbocycles. The van der Waals surface area contributed by atoms with Crippen LogP contribution in [0.3, 0.4) is 0 Å². The fourth-order valence-corrected chi connectivity index (χ4v) is 2.04. The maximum atomic E-state index is 11.2. The second-order valence-corrected chi connectivity index (χ2v) is 5.23. The number of hydrogen-bond donors (Lipinski definition) is 5. The highest BCUT2D eigenvalue weighted by molar-refractivity contribution is 5.56. The smallest absolute Gasteiger partial charge is 0.330 e. The van der Waals surface area contributed by atoms with Gasteiger partial charge in [0.1, 0.15) is 17.3 Å². The Labute approximate surface area is 142 Å². The van der Waals surface area contributed by atoms with Gasteiger partial charge in [-0.3, -0.25) is 28.7 Å². The fourth-order valence-electron chi connectivity index (χ4n) is 2.04. The standard InChI is InChI=1S/C7H12N4O2.C7H11N3O2/c1-2-3-11-5(9)4(8)6(12)10-7(11)13;1-2-3-10-5(8)4-6(11)9-7(10)12/h2-3,8-9H2,1H3,(H,10,12,13);4H,2-3,8H2,1H3,(H,9,11,12). The highest BCUT2D eigenvalue weighted by Gasteiger charge is 2.07. The Balaban J connectivity index is 0.000000251. The number of nitrogen functional groups attached to an aromatic ring is 3. The number of aromatic amines is 2. The predicted molar refractivity (Wildman–Crippen MR) is 96.5 cm³/mol. The normalized spacial score (nSPS) is 10.2. The molecular weight excluding hydrogens is 330 g/mol. The quantitative estimate of drug-likeness (QED) is 0.448. The van der Waals surface area contributed by atoms with E-state index in [9.17, 15) is 19.2 Å². The molecule has 0 bridgehead atoms. The summed E-state index contributed by atoms with van der Waals surface area (Å²) in [5.41, 5.74) is 14.1. The summed E-state index contributed by atoms with van der Waals surface area (Å²) in [6.07, 6.45) is 1.55. The molecule has 138 valence electrons. The van der Waals surface area contributed by atoms with Crippen LogP contribution in [0.5, 0.6) is 0 Å². The molecule has 0 fully saturated rings. The van der Waals surface area contributed by atoms with Crippen LogP contribution in [0.1, 0.15) is 26.7 Å². The molecule has 0 aliphatic rings. The number of nitrogens with two attached hydrogens (primary N) is 3. The number of rotatable bonds is 4. The Hall–Kier alpha value is -3.24. The summed E-state index contributed by atoms with van der Waals surface area (Å²) in [5, 5.41) is 0. The lowest BCUT2D eigenvalue weighted by molar-refractivity contribution is 0.641. The van der Waals surface area contributed by atoms with Crippen molar-refractivity contribution in [3.05, 3.63) is 47.7 Å². The van der Waals surface area contributed by atoms with Crippen LogP contribution in [0.25, 0.3) is 0 Å². The SMILES string of the molecule is CCCn1c(N)c(N)c(=O)[nH]c1=O.CCCn1c(N)cc(=O)[nH]c1=O. The van der Waals surface area contributed by atoms with Gasteiger partial charge in [0.25, 0.3) is 11.1 Å². The van der Waals surface area contributed by atoms with E-state index in [1.807, 2.05) is 13.8 Å². The van der Waals surface area contributed by atoms with Crippen molar-refractivity contribution in [3.63, 3.8) is 0 Å². The van der Waals surface area contributed by atoms with Crippen molar-refractivity contribution in [2.24, 2.45) is 0 Å². The molecule has 0 amide bonds. The summed E-state index contributed by atoms with van der Waals surface area (Å²) in [4.78, 5) is 48.1. The number of nitrogens with one attached hydrogen (secondary N) is 2. The Morgan fingerprint density at radius 2 is 1.40 bits per heavy atom. The van der Waals surface area contributed by atoms with Gasteiger partial charge in [0, 0.05) is 19.2 Å². The van der Waals surface area contributed by atoms with Crippen LogP contribution in [0.4, 0.5) is 17.3 Å². The summed E-state index contributed by atoms with van der Waals surface area (Å²) >= 11 is 0. The zero-order valence-electron chi connectivity index (χ0n) is 14.2. The average Bonchev–Trinajstić information content (AvgIpc) is 2.53. The first-order chi connectivity index (χ1) is 11.7. The molecule has 11 nitrogen and oxygen atoms in total. The van der Waals surface area contributed by atoms with E-state index in [-0.39, 0.29) is 17.3 Å². The van der Waals surface area contributed by atoms with Crippen LogP contribution >= 0.6 is 0 Å². The van der Waals surface area contributed by atoms with Gasteiger partial charge in [-0.05, 0) is 12.8 Å². The third kappa shape index (κ3) is 4.86. The van der Waals surface area contributed by atoms with Crippen LogP contribution < -0.4 is 39.7 Å². The number of anilines is 3. The highest BCUT2D eigenvalue weighted by atomic mass is 16.2. The zero-order valence-corrected chi connectivity index (χ0v) is 14.2. The maximum absolute atomic E-state index is 11.2. The molecule has 0 spiro atoms. The summed E-state index contributed by atoms with van der Waals surface area (Å²) in [7, 11) is 0. The van der Waals surface area contributed by atoms with Crippen LogP contribution in [-0.4, -0.2) is 19.1 Å². The van der Waals surface area contributed by atoms with E-state index in [1.54, 1.807) is 0 Å². The van der Waals surface area contributed by atoms with E-state index in [0.717, 1.165) is 12.8 Å². The van der Waals surface area contributed by atoms with Crippen molar-refractivity contribution in [2.75, 3.05) is 17.2 Å². The van der Waals surface area contributed by atoms with Crippen molar-refractivity contribution in [2.45, 2.75) is 39.8 Å². The topological polar surface area (TPSA) is 188 Å². The molecule has 0 atom stereocenters. The van der Waals surface area contributed by atoms with Crippen molar-refractivity contribution in [1.29, 1.82) is 0 Å². The van der Waals surface area contributed by atoms with E-state index < -0.39 is 22.5 Å². The van der Waals surface area contributed by atoms with Gasteiger partial charge in [-0.2, -0.15) is 0 Å². The first-order valence-electron chi connectivity index (χ1n) is 7.70.